The molecule has 0 bridgehead atoms. The minimum absolute atomic E-state index is 0.0209. The lowest BCUT2D eigenvalue weighted by atomic mass is 10.2. The van der Waals surface area contributed by atoms with Crippen LogP contribution in [0.5, 0.6) is 0 Å². The molecule has 0 aliphatic carbocycles. The topological polar surface area (TPSA) is 102 Å². The molecule has 3 rings (SSSR count). The second-order valence-corrected chi connectivity index (χ2v) is 5.64. The van der Waals surface area contributed by atoms with Gasteiger partial charge in [-0.25, -0.2) is 15.0 Å². The first-order valence-corrected chi connectivity index (χ1v) is 7.55. The Bertz CT molecular complexity index is 816. The second-order valence-electron chi connectivity index (χ2n) is 5.64. The number of nitrogens with one attached hydrogen (secondary N) is 1. The highest BCUT2D eigenvalue weighted by Gasteiger charge is 2.23. The van der Waals surface area contributed by atoms with E-state index in [0.29, 0.717) is 17.9 Å². The van der Waals surface area contributed by atoms with Crippen molar-refractivity contribution in [2.24, 2.45) is 0 Å². The molecule has 0 aliphatic rings. The third-order valence-corrected chi connectivity index (χ3v) is 3.65. The van der Waals surface area contributed by atoms with Crippen LogP contribution < -0.4 is 5.32 Å². The summed E-state index contributed by atoms with van der Waals surface area (Å²) >= 11 is 0. The van der Waals surface area contributed by atoms with E-state index in [1.807, 2.05) is 18.4 Å². The monoisotopic (exact) mass is 316 g/mol. The van der Waals surface area contributed by atoms with Gasteiger partial charge < -0.3 is 19.5 Å². The van der Waals surface area contributed by atoms with Crippen LogP contribution in [0.15, 0.2) is 10.9 Å². The summed E-state index contributed by atoms with van der Waals surface area (Å²) in [6, 6.07) is 0.157. The molecule has 3 aromatic heterocycles. The predicted octanol–water partition coefficient (Wildman–Crippen LogP) is 2.08. The molecule has 8 heteroatoms. The molecule has 0 unspecified atom stereocenters. The predicted molar refractivity (Wildman–Crippen MR) is 86.3 cm³/mol. The van der Waals surface area contributed by atoms with Gasteiger partial charge in [-0.3, -0.25) is 0 Å². The Labute approximate surface area is 133 Å². The van der Waals surface area contributed by atoms with Crippen LogP contribution in [0.4, 0.5) is 5.82 Å². The van der Waals surface area contributed by atoms with Crippen LogP contribution in [-0.4, -0.2) is 42.9 Å². The number of imidazole rings is 1. The molecule has 2 N–H and O–H groups in total. The van der Waals surface area contributed by atoms with E-state index in [-0.39, 0.29) is 12.6 Å². The fraction of sp³-hybridized carbons (Fsp3) is 0.467. The number of aliphatic hydroxyl groups is 1. The molecule has 0 saturated heterocycles. The summed E-state index contributed by atoms with van der Waals surface area (Å²) in [5, 5.41) is 16.1. The lowest BCUT2D eigenvalue weighted by Gasteiger charge is -2.12. The van der Waals surface area contributed by atoms with Gasteiger partial charge in [-0.2, -0.15) is 0 Å². The quantitative estimate of drug-likeness (QED) is 0.743. The van der Waals surface area contributed by atoms with Crippen LogP contribution in [-0.2, 0) is 0 Å². The van der Waals surface area contributed by atoms with Gasteiger partial charge in [-0.1, -0.05) is 5.16 Å². The smallest absolute Gasteiger partial charge is 0.166 e. The Balaban J connectivity index is 2.28. The first-order valence-electron chi connectivity index (χ1n) is 7.55. The van der Waals surface area contributed by atoms with Gasteiger partial charge in [0, 0.05) is 12.6 Å². The first-order chi connectivity index (χ1) is 11.0. The summed E-state index contributed by atoms with van der Waals surface area (Å²) in [5.41, 5.74) is 3.08. The maximum Gasteiger partial charge on any atom is 0.166 e. The third kappa shape index (κ3) is 2.55. The molecular formula is C15H20N6O2. The third-order valence-electron chi connectivity index (χ3n) is 3.65. The molecule has 0 fully saturated rings. The average Bonchev–Trinajstić information content (AvgIpc) is 3.05. The van der Waals surface area contributed by atoms with Crippen molar-refractivity contribution < 1.29 is 9.63 Å². The SMILES string of the molecule is Cc1noc(C)c1-c1nc2c(NCCO)ncnc2n1C(C)C. The lowest BCUT2D eigenvalue weighted by Crippen LogP contribution is -2.08. The molecule has 0 spiro atoms. The summed E-state index contributed by atoms with van der Waals surface area (Å²) in [6.07, 6.45) is 1.50. The van der Waals surface area contributed by atoms with Crippen molar-refractivity contribution >= 4 is 17.0 Å². The fourth-order valence-electron chi connectivity index (χ4n) is 2.68. The Hall–Kier alpha value is -2.48. The number of fused-ring (bicyclic) bond motifs is 1. The highest BCUT2D eigenvalue weighted by Crippen LogP contribution is 2.33. The van der Waals surface area contributed by atoms with E-state index in [4.69, 9.17) is 14.6 Å². The molecule has 3 heterocycles. The molecule has 8 nitrogen and oxygen atoms in total. The van der Waals surface area contributed by atoms with Crippen LogP contribution in [0.25, 0.3) is 22.6 Å². The van der Waals surface area contributed by atoms with E-state index in [1.54, 1.807) is 0 Å². The summed E-state index contributed by atoms with van der Waals surface area (Å²) < 4.78 is 7.34. The van der Waals surface area contributed by atoms with Crippen molar-refractivity contribution in [2.45, 2.75) is 33.7 Å². The lowest BCUT2D eigenvalue weighted by molar-refractivity contribution is 0.311. The zero-order valence-electron chi connectivity index (χ0n) is 13.7. The highest BCUT2D eigenvalue weighted by atomic mass is 16.5. The van der Waals surface area contributed by atoms with E-state index in [1.165, 1.54) is 6.33 Å². The zero-order valence-corrected chi connectivity index (χ0v) is 13.7. The number of hydrogen-bond donors (Lipinski definition) is 2. The molecule has 0 amide bonds. The molecule has 122 valence electrons. The Kier molecular flexibility index (Phi) is 3.99. The van der Waals surface area contributed by atoms with E-state index in [2.05, 4.69) is 34.3 Å². The van der Waals surface area contributed by atoms with Crippen LogP contribution in [0.3, 0.4) is 0 Å². The number of aryl methyl sites for hydroxylation is 2. The Morgan fingerprint density at radius 1 is 1.30 bits per heavy atom. The zero-order chi connectivity index (χ0) is 16.6. The Morgan fingerprint density at radius 3 is 2.70 bits per heavy atom. The molecule has 0 atom stereocenters. The maximum absolute atomic E-state index is 9.02. The molecule has 3 aromatic rings. The Morgan fingerprint density at radius 2 is 2.09 bits per heavy atom. The standard InChI is InChI=1S/C15H20N6O2/c1-8(2)21-14(11-9(3)20-23-10(11)4)19-12-13(16-5-6-22)17-7-18-15(12)21/h7-8,22H,5-6H2,1-4H3,(H,16,17,18). The number of nitrogens with zero attached hydrogens (tertiary/aromatic N) is 5. The van der Waals surface area contributed by atoms with E-state index < -0.39 is 0 Å². The van der Waals surface area contributed by atoms with Gasteiger partial charge in [0.15, 0.2) is 17.0 Å². The number of aromatic nitrogens is 5. The normalized spacial score (nSPS) is 11.6. The molecule has 23 heavy (non-hydrogen) atoms. The molecular weight excluding hydrogens is 296 g/mol. The van der Waals surface area contributed by atoms with Gasteiger partial charge in [0.25, 0.3) is 0 Å². The van der Waals surface area contributed by atoms with Crippen LogP contribution in [0, 0.1) is 13.8 Å². The van der Waals surface area contributed by atoms with Crippen molar-refractivity contribution in [3.05, 3.63) is 17.8 Å². The van der Waals surface area contributed by atoms with Gasteiger partial charge >= 0.3 is 0 Å². The second kappa shape index (κ2) is 5.96. The summed E-state index contributed by atoms with van der Waals surface area (Å²) in [5.74, 6) is 2.09. The number of aliphatic hydroxyl groups excluding tert-OH is 1. The fourth-order valence-corrected chi connectivity index (χ4v) is 2.68. The first kappa shape index (κ1) is 15.4. The maximum atomic E-state index is 9.02. The minimum Gasteiger partial charge on any atom is -0.395 e. The number of anilines is 1. The number of hydrogen-bond acceptors (Lipinski definition) is 7. The van der Waals surface area contributed by atoms with Crippen molar-refractivity contribution in [3.63, 3.8) is 0 Å². The average molecular weight is 316 g/mol. The summed E-state index contributed by atoms with van der Waals surface area (Å²) in [4.78, 5) is 13.4. The van der Waals surface area contributed by atoms with Crippen LogP contribution >= 0.6 is 0 Å². The molecule has 0 radical (unpaired) electrons. The van der Waals surface area contributed by atoms with Crippen molar-refractivity contribution in [1.29, 1.82) is 0 Å². The van der Waals surface area contributed by atoms with Crippen LogP contribution in [0.2, 0.25) is 0 Å². The molecule has 0 aliphatic heterocycles. The molecule has 0 saturated carbocycles. The van der Waals surface area contributed by atoms with Gasteiger partial charge in [0.2, 0.25) is 0 Å². The van der Waals surface area contributed by atoms with Gasteiger partial charge in [0.1, 0.15) is 17.9 Å². The number of rotatable bonds is 5. The summed E-state index contributed by atoms with van der Waals surface area (Å²) in [7, 11) is 0. The van der Waals surface area contributed by atoms with Crippen molar-refractivity contribution in [2.75, 3.05) is 18.5 Å². The van der Waals surface area contributed by atoms with Gasteiger partial charge in [-0.05, 0) is 27.7 Å². The minimum atomic E-state index is 0.0209. The van der Waals surface area contributed by atoms with Crippen LogP contribution in [0.1, 0.15) is 31.3 Å². The van der Waals surface area contributed by atoms with E-state index in [9.17, 15) is 0 Å². The van der Waals surface area contributed by atoms with Crippen molar-refractivity contribution in [3.8, 4) is 11.4 Å². The van der Waals surface area contributed by atoms with E-state index >= 15 is 0 Å². The largest absolute Gasteiger partial charge is 0.395 e. The summed E-state index contributed by atoms with van der Waals surface area (Å²) in [6.45, 7) is 8.34. The molecule has 0 aromatic carbocycles. The van der Waals surface area contributed by atoms with Crippen molar-refractivity contribution in [1.82, 2.24) is 24.7 Å². The van der Waals surface area contributed by atoms with E-state index in [0.717, 1.165) is 28.5 Å². The highest BCUT2D eigenvalue weighted by molar-refractivity contribution is 5.87. The van der Waals surface area contributed by atoms with Gasteiger partial charge in [0.05, 0.1) is 17.9 Å². The van der Waals surface area contributed by atoms with Gasteiger partial charge in [-0.15, -0.1) is 0 Å².